The molecule has 108 valence electrons. The monoisotopic (exact) mass is 274 g/mol. The molecule has 0 saturated heterocycles. The summed E-state index contributed by atoms with van der Waals surface area (Å²) in [5.74, 6) is -0.341. The van der Waals surface area contributed by atoms with Gasteiger partial charge in [0.2, 0.25) is 0 Å². The van der Waals surface area contributed by atoms with Crippen molar-refractivity contribution in [1.82, 2.24) is 0 Å². The van der Waals surface area contributed by atoms with Crippen molar-refractivity contribution in [3.63, 3.8) is 0 Å². The first kappa shape index (κ1) is 17.6. The largest absolute Gasteiger partial charge is 0.466 e. The van der Waals surface area contributed by atoms with Crippen molar-refractivity contribution in [3.05, 3.63) is 0 Å². The Balaban J connectivity index is 4.76. The molecule has 0 aliphatic rings. The Labute approximate surface area is 113 Å². The highest BCUT2D eigenvalue weighted by molar-refractivity contribution is 6.74. The first-order valence-electron chi connectivity index (χ1n) is 6.91. The molecule has 0 unspecified atom stereocenters. The highest BCUT2D eigenvalue weighted by Crippen LogP contribution is 2.38. The predicted molar refractivity (Wildman–Crippen MR) is 78.2 cm³/mol. The summed E-state index contributed by atoms with van der Waals surface area (Å²) in [5, 5.41) is 0.162. The number of ether oxygens (including phenoxy) is 1. The molecule has 0 spiro atoms. The molecular formula is C14H30O3Si. The van der Waals surface area contributed by atoms with Gasteiger partial charge in [-0.05, 0) is 38.4 Å². The van der Waals surface area contributed by atoms with Crippen LogP contribution in [0.25, 0.3) is 0 Å². The molecule has 0 rings (SSSR count). The van der Waals surface area contributed by atoms with Gasteiger partial charge in [0.15, 0.2) is 8.32 Å². The van der Waals surface area contributed by atoms with Gasteiger partial charge in [-0.1, -0.05) is 27.7 Å². The second kappa shape index (κ2) is 6.71. The molecular weight excluding hydrogens is 244 g/mol. The third kappa shape index (κ3) is 4.73. The standard InChI is InChI=1S/C14H30O3Si/c1-9-12(11(3)13(15)16-10-2)17-18(7,8)14(4,5)6/h11-12H,9-10H2,1-8H3/t11-,12-/m0/s1. The minimum atomic E-state index is -1.83. The van der Waals surface area contributed by atoms with E-state index in [1.165, 1.54) is 0 Å². The molecule has 0 aliphatic carbocycles. The molecule has 3 nitrogen and oxygen atoms in total. The number of hydrogen-bond donors (Lipinski definition) is 0. The van der Waals surface area contributed by atoms with Crippen molar-refractivity contribution in [2.75, 3.05) is 6.61 Å². The maximum atomic E-state index is 11.8. The summed E-state index contributed by atoms with van der Waals surface area (Å²) < 4.78 is 11.4. The Morgan fingerprint density at radius 3 is 2.06 bits per heavy atom. The highest BCUT2D eigenvalue weighted by Gasteiger charge is 2.40. The number of hydrogen-bond acceptors (Lipinski definition) is 3. The zero-order valence-corrected chi connectivity index (χ0v) is 14.3. The Morgan fingerprint density at radius 2 is 1.72 bits per heavy atom. The molecule has 0 saturated carbocycles. The summed E-state index contributed by atoms with van der Waals surface area (Å²) in [7, 11) is -1.83. The average molecular weight is 274 g/mol. The molecule has 0 bridgehead atoms. The van der Waals surface area contributed by atoms with Crippen LogP contribution in [0.5, 0.6) is 0 Å². The van der Waals surface area contributed by atoms with Crippen LogP contribution in [0.2, 0.25) is 18.1 Å². The van der Waals surface area contributed by atoms with Crippen molar-refractivity contribution in [2.45, 2.75) is 72.2 Å². The van der Waals surface area contributed by atoms with E-state index in [1.807, 2.05) is 13.8 Å². The van der Waals surface area contributed by atoms with E-state index < -0.39 is 8.32 Å². The van der Waals surface area contributed by atoms with Gasteiger partial charge in [0.05, 0.1) is 18.6 Å². The number of carbonyl (C=O) groups excluding carboxylic acids is 1. The van der Waals surface area contributed by atoms with Gasteiger partial charge in [0.1, 0.15) is 0 Å². The Kier molecular flexibility index (Phi) is 6.58. The fraction of sp³-hybridized carbons (Fsp3) is 0.929. The molecule has 0 aromatic rings. The summed E-state index contributed by atoms with van der Waals surface area (Å²) in [4.78, 5) is 11.8. The van der Waals surface area contributed by atoms with Gasteiger partial charge in [0, 0.05) is 0 Å². The Bertz CT molecular complexity index is 269. The summed E-state index contributed by atoms with van der Waals surface area (Å²) in [5.41, 5.74) is 0. The molecule has 0 radical (unpaired) electrons. The molecule has 0 amide bonds. The van der Waals surface area contributed by atoms with Crippen LogP contribution in [-0.2, 0) is 14.0 Å². The first-order valence-corrected chi connectivity index (χ1v) is 9.82. The van der Waals surface area contributed by atoms with E-state index in [9.17, 15) is 4.79 Å². The third-order valence-corrected chi connectivity index (χ3v) is 8.37. The van der Waals surface area contributed by atoms with Gasteiger partial charge in [-0.3, -0.25) is 4.79 Å². The summed E-state index contributed by atoms with van der Waals surface area (Å²) in [6, 6.07) is 0. The van der Waals surface area contributed by atoms with Gasteiger partial charge >= 0.3 is 5.97 Å². The van der Waals surface area contributed by atoms with Gasteiger partial charge < -0.3 is 9.16 Å². The third-order valence-electron chi connectivity index (χ3n) is 3.87. The van der Waals surface area contributed by atoms with Crippen molar-refractivity contribution >= 4 is 14.3 Å². The minimum absolute atomic E-state index is 0.0371. The quantitative estimate of drug-likeness (QED) is 0.543. The van der Waals surface area contributed by atoms with Crippen LogP contribution in [0.4, 0.5) is 0 Å². The Hall–Kier alpha value is -0.353. The topological polar surface area (TPSA) is 35.5 Å². The fourth-order valence-corrected chi connectivity index (χ4v) is 3.00. The second-order valence-corrected chi connectivity index (χ2v) is 11.1. The van der Waals surface area contributed by atoms with E-state index in [0.717, 1.165) is 6.42 Å². The Morgan fingerprint density at radius 1 is 1.22 bits per heavy atom. The fourth-order valence-electron chi connectivity index (χ4n) is 1.52. The van der Waals surface area contributed by atoms with Crippen LogP contribution in [0.3, 0.4) is 0 Å². The van der Waals surface area contributed by atoms with Crippen LogP contribution in [0, 0.1) is 5.92 Å². The van der Waals surface area contributed by atoms with E-state index >= 15 is 0 Å². The van der Waals surface area contributed by atoms with Crippen molar-refractivity contribution in [1.29, 1.82) is 0 Å². The van der Waals surface area contributed by atoms with Crippen LogP contribution < -0.4 is 0 Å². The zero-order valence-electron chi connectivity index (χ0n) is 13.3. The zero-order chi connectivity index (χ0) is 14.6. The summed E-state index contributed by atoms with van der Waals surface area (Å²) >= 11 is 0. The van der Waals surface area contributed by atoms with E-state index in [-0.39, 0.29) is 23.0 Å². The molecule has 0 fully saturated rings. The van der Waals surface area contributed by atoms with E-state index in [0.29, 0.717) is 6.61 Å². The van der Waals surface area contributed by atoms with Crippen LogP contribution in [-0.4, -0.2) is 27.0 Å². The average Bonchev–Trinajstić information content (AvgIpc) is 2.23. The molecule has 0 aliphatic heterocycles. The normalized spacial score (nSPS) is 16.2. The molecule has 0 heterocycles. The van der Waals surface area contributed by atoms with E-state index in [2.05, 4.69) is 40.8 Å². The lowest BCUT2D eigenvalue weighted by molar-refractivity contribution is -0.150. The van der Waals surface area contributed by atoms with Crippen molar-refractivity contribution in [2.24, 2.45) is 5.92 Å². The van der Waals surface area contributed by atoms with Crippen LogP contribution >= 0.6 is 0 Å². The minimum Gasteiger partial charge on any atom is -0.466 e. The smallest absolute Gasteiger partial charge is 0.311 e. The van der Waals surface area contributed by atoms with Crippen LogP contribution in [0.1, 0.15) is 48.0 Å². The second-order valence-electron chi connectivity index (χ2n) is 6.37. The van der Waals surface area contributed by atoms with Crippen molar-refractivity contribution in [3.8, 4) is 0 Å². The van der Waals surface area contributed by atoms with Gasteiger partial charge in [0.25, 0.3) is 0 Å². The van der Waals surface area contributed by atoms with Gasteiger partial charge in [-0.2, -0.15) is 0 Å². The van der Waals surface area contributed by atoms with Crippen molar-refractivity contribution < 1.29 is 14.0 Å². The lowest BCUT2D eigenvalue weighted by atomic mass is 10.0. The number of carbonyl (C=O) groups is 1. The van der Waals surface area contributed by atoms with E-state index in [1.54, 1.807) is 0 Å². The van der Waals surface area contributed by atoms with Gasteiger partial charge in [-0.25, -0.2) is 0 Å². The maximum Gasteiger partial charge on any atom is 0.311 e. The molecule has 18 heavy (non-hydrogen) atoms. The maximum absolute atomic E-state index is 11.8. The van der Waals surface area contributed by atoms with E-state index in [4.69, 9.17) is 9.16 Å². The lowest BCUT2D eigenvalue weighted by Gasteiger charge is -2.40. The van der Waals surface area contributed by atoms with Gasteiger partial charge in [-0.15, -0.1) is 0 Å². The summed E-state index contributed by atoms with van der Waals surface area (Å²) in [6.07, 6.45) is 0.803. The predicted octanol–water partition coefficient (Wildman–Crippen LogP) is 3.99. The lowest BCUT2D eigenvalue weighted by Crippen LogP contribution is -2.46. The molecule has 0 aromatic carbocycles. The highest BCUT2D eigenvalue weighted by atomic mass is 28.4. The SMILES string of the molecule is CCOC(=O)[C@@H](C)[C@H](CC)O[Si](C)(C)C(C)(C)C. The van der Waals surface area contributed by atoms with Crippen LogP contribution in [0.15, 0.2) is 0 Å². The number of rotatable bonds is 6. The molecule has 4 heteroatoms. The summed E-state index contributed by atoms with van der Waals surface area (Å²) in [6.45, 7) is 17.3. The molecule has 2 atom stereocenters. The molecule has 0 aromatic heterocycles. The number of esters is 1. The first-order chi connectivity index (χ1) is 8.06. The molecule has 0 N–H and O–H groups in total.